The molecule has 2 amide bonds. The van der Waals surface area contributed by atoms with Crippen molar-refractivity contribution in [1.82, 2.24) is 14.7 Å². The zero-order valence-corrected chi connectivity index (χ0v) is 12.1. The van der Waals surface area contributed by atoms with Crippen molar-refractivity contribution < 1.29 is 19.4 Å². The molecular weight excluding hydrogens is 262 g/mol. The van der Waals surface area contributed by atoms with Crippen LogP contribution in [0.15, 0.2) is 0 Å². The van der Waals surface area contributed by atoms with Crippen LogP contribution in [0, 0.1) is 0 Å². The van der Waals surface area contributed by atoms with Gasteiger partial charge in [0.25, 0.3) is 0 Å². The molecule has 0 aromatic carbocycles. The fourth-order valence-electron chi connectivity index (χ4n) is 2.94. The third kappa shape index (κ3) is 3.21. The SMILES string of the molecule is CN(C)C(=O)N1CCC(N2CCOCC2C(=O)O)CC1. The highest BCUT2D eigenvalue weighted by atomic mass is 16.5. The number of carbonyl (C=O) groups excluding carboxylic acids is 1. The van der Waals surface area contributed by atoms with E-state index >= 15 is 0 Å². The Balaban J connectivity index is 1.92. The summed E-state index contributed by atoms with van der Waals surface area (Å²) < 4.78 is 5.26. The van der Waals surface area contributed by atoms with Gasteiger partial charge in [-0.3, -0.25) is 9.69 Å². The molecule has 0 bridgehead atoms. The van der Waals surface area contributed by atoms with Crippen molar-refractivity contribution in [3.63, 3.8) is 0 Å². The van der Waals surface area contributed by atoms with E-state index in [1.165, 1.54) is 0 Å². The van der Waals surface area contributed by atoms with E-state index in [0.29, 0.717) is 26.2 Å². The van der Waals surface area contributed by atoms with E-state index in [1.54, 1.807) is 19.0 Å². The van der Waals surface area contributed by atoms with Crippen molar-refractivity contribution in [3.05, 3.63) is 0 Å². The summed E-state index contributed by atoms with van der Waals surface area (Å²) >= 11 is 0. The van der Waals surface area contributed by atoms with Crippen LogP contribution in [-0.2, 0) is 9.53 Å². The minimum atomic E-state index is -0.823. The van der Waals surface area contributed by atoms with Crippen LogP contribution >= 0.6 is 0 Å². The first-order valence-electron chi connectivity index (χ1n) is 7.03. The van der Waals surface area contributed by atoms with E-state index in [-0.39, 0.29) is 18.7 Å². The number of nitrogens with zero attached hydrogens (tertiary/aromatic N) is 3. The van der Waals surface area contributed by atoms with Crippen LogP contribution in [0.5, 0.6) is 0 Å². The monoisotopic (exact) mass is 285 g/mol. The van der Waals surface area contributed by atoms with E-state index in [0.717, 1.165) is 12.8 Å². The van der Waals surface area contributed by atoms with Crippen molar-refractivity contribution in [2.45, 2.75) is 24.9 Å². The molecule has 1 N–H and O–H groups in total. The van der Waals surface area contributed by atoms with Gasteiger partial charge >= 0.3 is 12.0 Å². The fraction of sp³-hybridized carbons (Fsp3) is 0.846. The lowest BCUT2D eigenvalue weighted by molar-refractivity contribution is -0.152. The summed E-state index contributed by atoms with van der Waals surface area (Å²) in [6.07, 6.45) is 1.65. The van der Waals surface area contributed by atoms with E-state index in [4.69, 9.17) is 4.74 Å². The number of amides is 2. The van der Waals surface area contributed by atoms with Crippen LogP contribution in [0.25, 0.3) is 0 Å². The van der Waals surface area contributed by atoms with Crippen LogP contribution in [0.4, 0.5) is 4.79 Å². The zero-order chi connectivity index (χ0) is 14.7. The number of hydrogen-bond acceptors (Lipinski definition) is 4. The Morgan fingerprint density at radius 3 is 2.40 bits per heavy atom. The van der Waals surface area contributed by atoms with Crippen molar-refractivity contribution >= 4 is 12.0 Å². The van der Waals surface area contributed by atoms with Crippen molar-refractivity contribution in [2.24, 2.45) is 0 Å². The number of carboxylic acids is 1. The molecule has 2 heterocycles. The quantitative estimate of drug-likeness (QED) is 0.768. The molecule has 0 spiro atoms. The molecule has 2 saturated heterocycles. The van der Waals surface area contributed by atoms with Crippen molar-refractivity contribution in [3.8, 4) is 0 Å². The molecule has 0 aromatic rings. The molecule has 2 fully saturated rings. The summed E-state index contributed by atoms with van der Waals surface area (Å²) in [5.41, 5.74) is 0. The molecule has 2 aliphatic heterocycles. The number of aliphatic carboxylic acids is 1. The topological polar surface area (TPSA) is 73.3 Å². The molecule has 1 atom stereocenters. The first kappa shape index (κ1) is 15.1. The van der Waals surface area contributed by atoms with Gasteiger partial charge in [-0.05, 0) is 12.8 Å². The zero-order valence-electron chi connectivity index (χ0n) is 12.1. The second kappa shape index (κ2) is 6.41. The van der Waals surface area contributed by atoms with Gasteiger partial charge in [0.2, 0.25) is 0 Å². The number of piperidine rings is 1. The Kier molecular flexibility index (Phi) is 4.82. The van der Waals surface area contributed by atoms with Crippen molar-refractivity contribution in [2.75, 3.05) is 46.9 Å². The molecule has 2 aliphatic rings. The number of carboxylic acid groups (broad SMARTS) is 1. The largest absolute Gasteiger partial charge is 0.480 e. The Hall–Kier alpha value is -1.34. The van der Waals surface area contributed by atoms with Gasteiger partial charge in [-0.15, -0.1) is 0 Å². The minimum absolute atomic E-state index is 0.0280. The van der Waals surface area contributed by atoms with Gasteiger partial charge in [0, 0.05) is 39.8 Å². The van der Waals surface area contributed by atoms with Crippen LogP contribution in [0.1, 0.15) is 12.8 Å². The highest BCUT2D eigenvalue weighted by Gasteiger charge is 2.36. The number of likely N-dealkylation sites (tertiary alicyclic amines) is 1. The van der Waals surface area contributed by atoms with E-state index < -0.39 is 12.0 Å². The molecule has 7 heteroatoms. The summed E-state index contributed by atoms with van der Waals surface area (Å²) in [6, 6.07) is -0.295. The summed E-state index contributed by atoms with van der Waals surface area (Å²) in [6.45, 7) is 2.87. The Morgan fingerprint density at radius 1 is 1.20 bits per heavy atom. The first-order chi connectivity index (χ1) is 9.50. The normalized spacial score (nSPS) is 25.5. The van der Waals surface area contributed by atoms with Crippen LogP contribution in [-0.4, -0.2) is 90.8 Å². The molecule has 114 valence electrons. The number of morpholine rings is 1. The summed E-state index contributed by atoms with van der Waals surface area (Å²) in [5.74, 6) is -0.823. The van der Waals surface area contributed by atoms with Crippen LogP contribution in [0.3, 0.4) is 0 Å². The lowest BCUT2D eigenvalue weighted by atomic mass is 10.0. The van der Waals surface area contributed by atoms with Gasteiger partial charge in [-0.2, -0.15) is 0 Å². The highest BCUT2D eigenvalue weighted by Crippen LogP contribution is 2.21. The predicted molar refractivity (Wildman–Crippen MR) is 72.6 cm³/mol. The highest BCUT2D eigenvalue weighted by molar-refractivity contribution is 5.74. The maximum absolute atomic E-state index is 11.9. The maximum atomic E-state index is 11.9. The summed E-state index contributed by atoms with van der Waals surface area (Å²) in [7, 11) is 3.49. The average Bonchev–Trinajstić information content (AvgIpc) is 2.46. The summed E-state index contributed by atoms with van der Waals surface area (Å²) in [5, 5.41) is 9.26. The number of hydrogen-bond donors (Lipinski definition) is 1. The smallest absolute Gasteiger partial charge is 0.323 e. The second-order valence-corrected chi connectivity index (χ2v) is 5.56. The number of urea groups is 1. The van der Waals surface area contributed by atoms with Crippen LogP contribution < -0.4 is 0 Å². The molecule has 7 nitrogen and oxygen atoms in total. The Labute approximate surface area is 119 Å². The lowest BCUT2D eigenvalue weighted by Gasteiger charge is -2.43. The number of carbonyl (C=O) groups is 2. The predicted octanol–water partition coefficient (Wildman–Crippen LogP) is -0.0822. The minimum Gasteiger partial charge on any atom is -0.480 e. The van der Waals surface area contributed by atoms with Crippen LogP contribution in [0.2, 0.25) is 0 Å². The van der Waals surface area contributed by atoms with Crippen molar-refractivity contribution in [1.29, 1.82) is 0 Å². The first-order valence-corrected chi connectivity index (χ1v) is 7.03. The third-order valence-corrected chi connectivity index (χ3v) is 4.04. The standard InChI is InChI=1S/C13H23N3O4/c1-14(2)13(19)15-5-3-10(4-6-15)16-7-8-20-9-11(16)12(17)18/h10-11H,3-9H2,1-2H3,(H,17,18). The third-order valence-electron chi connectivity index (χ3n) is 4.04. The van der Waals surface area contributed by atoms with Gasteiger partial charge in [0.05, 0.1) is 13.2 Å². The Bertz CT molecular complexity index is 367. The molecule has 20 heavy (non-hydrogen) atoms. The molecule has 1 unspecified atom stereocenters. The molecular formula is C13H23N3O4. The van der Waals surface area contributed by atoms with E-state index in [2.05, 4.69) is 0 Å². The number of ether oxygens (including phenoxy) is 1. The molecule has 2 rings (SSSR count). The Morgan fingerprint density at radius 2 is 1.85 bits per heavy atom. The van der Waals surface area contributed by atoms with E-state index in [1.807, 2.05) is 9.80 Å². The second-order valence-electron chi connectivity index (χ2n) is 5.56. The van der Waals surface area contributed by atoms with Gasteiger partial charge in [0.1, 0.15) is 6.04 Å². The average molecular weight is 285 g/mol. The fourth-order valence-corrected chi connectivity index (χ4v) is 2.94. The molecule has 0 saturated carbocycles. The van der Waals surface area contributed by atoms with Gasteiger partial charge < -0.3 is 19.6 Å². The number of rotatable bonds is 2. The van der Waals surface area contributed by atoms with Gasteiger partial charge in [-0.25, -0.2) is 4.79 Å². The van der Waals surface area contributed by atoms with E-state index in [9.17, 15) is 14.7 Å². The summed E-state index contributed by atoms with van der Waals surface area (Å²) in [4.78, 5) is 28.6. The molecule has 0 radical (unpaired) electrons. The molecule has 0 aliphatic carbocycles. The molecule has 0 aromatic heterocycles. The van der Waals surface area contributed by atoms with Gasteiger partial charge in [-0.1, -0.05) is 0 Å². The van der Waals surface area contributed by atoms with Gasteiger partial charge in [0.15, 0.2) is 0 Å². The lowest BCUT2D eigenvalue weighted by Crippen LogP contribution is -2.57. The maximum Gasteiger partial charge on any atom is 0.323 e.